The van der Waals surface area contributed by atoms with Gasteiger partial charge >= 0.3 is 0 Å². The minimum Gasteiger partial charge on any atom is -0.367 e. The maximum atomic E-state index is 13.3. The second-order valence-electron chi connectivity index (χ2n) is 8.59. The second-order valence-corrected chi connectivity index (χ2v) is 9.40. The number of amides is 2. The zero-order chi connectivity index (χ0) is 25.5. The lowest BCUT2D eigenvalue weighted by molar-refractivity contribution is -0.131. The van der Waals surface area contributed by atoms with Crippen molar-refractivity contribution in [2.45, 2.75) is 19.3 Å². The molecule has 1 aliphatic rings. The number of piperazine rings is 1. The molecule has 0 bridgehead atoms. The summed E-state index contributed by atoms with van der Waals surface area (Å²) in [6.07, 6.45) is 0.523. The summed E-state index contributed by atoms with van der Waals surface area (Å²) >= 11 is 12.0. The van der Waals surface area contributed by atoms with E-state index in [2.05, 4.69) is 15.5 Å². The number of halogens is 1. The van der Waals surface area contributed by atoms with E-state index < -0.39 is 5.92 Å². The van der Waals surface area contributed by atoms with Gasteiger partial charge in [-0.05, 0) is 41.5 Å². The van der Waals surface area contributed by atoms with E-state index in [1.165, 1.54) is 0 Å². The fraction of sp³-hybridized carbons (Fsp3) is 0.250. The Morgan fingerprint density at radius 2 is 1.50 bits per heavy atom. The number of nitrogens with zero attached hydrogens (tertiary/aromatic N) is 2. The molecule has 0 aromatic heterocycles. The number of hydrogen-bond donors (Lipinski definition) is 2. The number of carbonyl (C=O) groups excluding carboxylic acids is 2. The van der Waals surface area contributed by atoms with Gasteiger partial charge in [0.25, 0.3) is 0 Å². The molecule has 3 aromatic rings. The van der Waals surface area contributed by atoms with E-state index in [0.717, 1.165) is 29.9 Å². The van der Waals surface area contributed by atoms with Crippen molar-refractivity contribution < 1.29 is 9.59 Å². The molecule has 1 fully saturated rings. The van der Waals surface area contributed by atoms with E-state index in [9.17, 15) is 9.59 Å². The molecule has 8 heteroatoms. The first-order chi connectivity index (χ1) is 17.5. The highest BCUT2D eigenvalue weighted by molar-refractivity contribution is 7.80. The summed E-state index contributed by atoms with van der Waals surface area (Å²) in [6.45, 7) is 4.71. The van der Waals surface area contributed by atoms with Crippen LogP contribution in [0.2, 0.25) is 5.02 Å². The van der Waals surface area contributed by atoms with Crippen LogP contribution >= 0.6 is 23.8 Å². The number of nitrogens with one attached hydrogen (secondary N) is 2. The average molecular weight is 521 g/mol. The van der Waals surface area contributed by atoms with Crippen molar-refractivity contribution in [1.29, 1.82) is 0 Å². The lowest BCUT2D eigenvalue weighted by Crippen LogP contribution is -2.48. The number of benzene rings is 3. The fourth-order valence-corrected chi connectivity index (χ4v) is 4.91. The van der Waals surface area contributed by atoms with Crippen molar-refractivity contribution >= 4 is 52.1 Å². The molecule has 6 nitrogen and oxygen atoms in total. The molecule has 1 saturated heterocycles. The monoisotopic (exact) mass is 520 g/mol. The molecule has 36 heavy (non-hydrogen) atoms. The molecule has 1 heterocycles. The fourth-order valence-electron chi connectivity index (χ4n) is 4.39. The summed E-state index contributed by atoms with van der Waals surface area (Å²) in [4.78, 5) is 29.3. The zero-order valence-corrected chi connectivity index (χ0v) is 21.7. The van der Waals surface area contributed by atoms with Crippen molar-refractivity contribution in [2.24, 2.45) is 0 Å². The normalized spacial score (nSPS) is 13.4. The Bertz CT molecular complexity index is 1180. The molecular formula is C28H29ClN4O2S. The highest BCUT2D eigenvalue weighted by Crippen LogP contribution is 2.30. The Kier molecular flexibility index (Phi) is 8.57. The van der Waals surface area contributed by atoms with Gasteiger partial charge in [-0.25, -0.2) is 0 Å². The van der Waals surface area contributed by atoms with Gasteiger partial charge in [0.15, 0.2) is 5.11 Å². The van der Waals surface area contributed by atoms with Crippen LogP contribution in [0, 0.1) is 0 Å². The first-order valence-electron chi connectivity index (χ1n) is 12.0. The molecule has 0 atom stereocenters. The van der Waals surface area contributed by atoms with Gasteiger partial charge in [-0.3, -0.25) is 9.59 Å². The topological polar surface area (TPSA) is 64.7 Å². The lowest BCUT2D eigenvalue weighted by Gasteiger charge is -2.36. The zero-order valence-electron chi connectivity index (χ0n) is 20.1. The van der Waals surface area contributed by atoms with E-state index >= 15 is 0 Å². The molecule has 0 radical (unpaired) electrons. The number of carbonyl (C=O) groups is 2. The summed E-state index contributed by atoms with van der Waals surface area (Å²) in [5.74, 6) is -0.527. The van der Waals surface area contributed by atoms with E-state index in [0.29, 0.717) is 30.2 Å². The van der Waals surface area contributed by atoms with Crippen LogP contribution in [0.3, 0.4) is 0 Å². The molecule has 1 aliphatic heterocycles. The van der Waals surface area contributed by atoms with E-state index in [-0.39, 0.29) is 16.9 Å². The van der Waals surface area contributed by atoms with Gasteiger partial charge in [0.05, 0.1) is 16.6 Å². The van der Waals surface area contributed by atoms with Crippen LogP contribution in [0.25, 0.3) is 0 Å². The first kappa shape index (κ1) is 25.7. The molecule has 0 spiro atoms. The maximum Gasteiger partial charge on any atom is 0.238 e. The average Bonchev–Trinajstić information content (AvgIpc) is 2.90. The van der Waals surface area contributed by atoms with Gasteiger partial charge in [0.2, 0.25) is 11.8 Å². The largest absolute Gasteiger partial charge is 0.367 e. The maximum absolute atomic E-state index is 13.3. The van der Waals surface area contributed by atoms with Crippen LogP contribution in [-0.4, -0.2) is 48.0 Å². The summed E-state index contributed by atoms with van der Waals surface area (Å²) in [5.41, 5.74) is 3.37. The highest BCUT2D eigenvalue weighted by atomic mass is 35.5. The molecule has 3 aromatic carbocycles. The van der Waals surface area contributed by atoms with Crippen molar-refractivity contribution in [1.82, 2.24) is 10.2 Å². The van der Waals surface area contributed by atoms with E-state index in [1.54, 1.807) is 6.07 Å². The van der Waals surface area contributed by atoms with E-state index in [4.69, 9.17) is 23.8 Å². The molecule has 2 N–H and O–H groups in total. The summed E-state index contributed by atoms with van der Waals surface area (Å²) < 4.78 is 0. The minimum absolute atomic E-state index is 0.178. The van der Waals surface area contributed by atoms with E-state index in [1.807, 2.05) is 84.6 Å². The number of thiocarbonyl (C=S) groups is 1. The Labute approximate surface area is 222 Å². The quantitative estimate of drug-likeness (QED) is 0.446. The van der Waals surface area contributed by atoms with Crippen LogP contribution in [0.5, 0.6) is 0 Å². The van der Waals surface area contributed by atoms with Crippen LogP contribution in [-0.2, 0) is 9.59 Å². The summed E-state index contributed by atoms with van der Waals surface area (Å²) in [5, 5.41) is 6.69. The number of hydrogen-bond acceptors (Lipinski definition) is 4. The molecule has 0 aliphatic carbocycles. The lowest BCUT2D eigenvalue weighted by atomic mass is 9.90. The predicted octanol–water partition coefficient (Wildman–Crippen LogP) is 5.04. The van der Waals surface area contributed by atoms with Gasteiger partial charge < -0.3 is 20.4 Å². The number of rotatable bonds is 6. The molecular weight excluding hydrogens is 492 g/mol. The molecule has 4 rings (SSSR count). The Balaban J connectivity index is 1.40. The van der Waals surface area contributed by atoms with Crippen molar-refractivity contribution in [3.63, 3.8) is 0 Å². The van der Waals surface area contributed by atoms with Crippen LogP contribution in [0.15, 0.2) is 78.9 Å². The standard InChI is InChI=1S/C28H29ClN4O2S/c1-2-25(34)33-17-15-32(16-18-33)24-14-13-22(19-23(24)29)30-28(36)31-27(35)26(20-9-5-3-6-10-20)21-11-7-4-8-12-21/h3-14,19,26H,2,15-18H2,1H3,(H2,30,31,35,36). The van der Waals surface area contributed by atoms with Crippen LogP contribution in [0.1, 0.15) is 30.4 Å². The Hall–Kier alpha value is -3.42. The van der Waals surface area contributed by atoms with Gasteiger partial charge in [0.1, 0.15) is 0 Å². The van der Waals surface area contributed by atoms with Crippen molar-refractivity contribution in [3.8, 4) is 0 Å². The minimum atomic E-state index is -0.489. The molecule has 0 saturated carbocycles. The summed E-state index contributed by atoms with van der Waals surface area (Å²) in [7, 11) is 0. The predicted molar refractivity (Wildman–Crippen MR) is 150 cm³/mol. The molecule has 186 valence electrons. The smallest absolute Gasteiger partial charge is 0.238 e. The second kappa shape index (κ2) is 12.0. The Morgan fingerprint density at radius 1 is 0.917 bits per heavy atom. The van der Waals surface area contributed by atoms with Crippen LogP contribution < -0.4 is 15.5 Å². The third-order valence-corrected chi connectivity index (χ3v) is 6.75. The summed E-state index contributed by atoms with van der Waals surface area (Å²) in [6, 6.07) is 24.9. The van der Waals surface area contributed by atoms with Gasteiger partial charge in [-0.15, -0.1) is 0 Å². The molecule has 0 unspecified atom stereocenters. The third kappa shape index (κ3) is 6.22. The van der Waals surface area contributed by atoms with Crippen molar-refractivity contribution in [3.05, 3.63) is 95.0 Å². The van der Waals surface area contributed by atoms with Gasteiger partial charge in [-0.1, -0.05) is 79.2 Å². The Morgan fingerprint density at radius 3 is 2.03 bits per heavy atom. The molecule has 2 amide bonds. The SMILES string of the molecule is CCC(=O)N1CCN(c2ccc(NC(=S)NC(=O)C(c3ccccc3)c3ccccc3)cc2Cl)CC1. The first-order valence-corrected chi connectivity index (χ1v) is 12.8. The van der Waals surface area contributed by atoms with Gasteiger partial charge in [-0.2, -0.15) is 0 Å². The van der Waals surface area contributed by atoms with Crippen LogP contribution in [0.4, 0.5) is 11.4 Å². The highest BCUT2D eigenvalue weighted by Gasteiger charge is 2.24. The van der Waals surface area contributed by atoms with Gasteiger partial charge in [0, 0.05) is 38.3 Å². The number of anilines is 2. The van der Waals surface area contributed by atoms with Crippen molar-refractivity contribution in [2.75, 3.05) is 36.4 Å². The third-order valence-electron chi connectivity index (χ3n) is 6.25.